The Kier molecular flexibility index (Phi) is 7.44. The fourth-order valence-corrected chi connectivity index (χ4v) is 2.42. The number of nitrogens with one attached hydrogen (secondary N) is 1. The minimum atomic E-state index is -5.08. The first-order valence-electron chi connectivity index (χ1n) is 8.31. The third kappa shape index (κ3) is 6.31. The predicted octanol–water partition coefficient (Wildman–Crippen LogP) is 2.68. The minimum Gasteiger partial charge on any atom is -0.475 e. The number of alkyl halides is 3. The Morgan fingerprint density at radius 1 is 1.11 bits per heavy atom. The number of amides is 1. The van der Waals surface area contributed by atoms with Gasteiger partial charge in [-0.25, -0.2) is 4.79 Å². The lowest BCUT2D eigenvalue weighted by molar-refractivity contribution is -0.192. The molecule has 152 valence electrons. The minimum absolute atomic E-state index is 0.0894. The third-order valence-electron chi connectivity index (χ3n) is 3.75. The van der Waals surface area contributed by atoms with Gasteiger partial charge in [-0.2, -0.15) is 13.2 Å². The van der Waals surface area contributed by atoms with Crippen LogP contribution in [0.2, 0.25) is 0 Å². The number of morpholine rings is 1. The van der Waals surface area contributed by atoms with Crippen LogP contribution in [0.3, 0.4) is 0 Å². The van der Waals surface area contributed by atoms with Gasteiger partial charge in [0, 0.05) is 18.8 Å². The second-order valence-corrected chi connectivity index (χ2v) is 5.68. The molecule has 2 aromatic rings. The van der Waals surface area contributed by atoms with Crippen molar-refractivity contribution in [1.82, 2.24) is 5.32 Å². The fourth-order valence-electron chi connectivity index (χ4n) is 2.42. The first-order chi connectivity index (χ1) is 13.3. The quantitative estimate of drug-likeness (QED) is 0.820. The number of carboxylic acid groups (broad SMARTS) is 1. The Balaban J connectivity index is 0.000000345. The number of ether oxygens (including phenoxy) is 1. The first kappa shape index (κ1) is 21.3. The summed E-state index contributed by atoms with van der Waals surface area (Å²) in [6, 6.07) is 11.3. The summed E-state index contributed by atoms with van der Waals surface area (Å²) in [6.07, 6.45) is -3.48. The van der Waals surface area contributed by atoms with Gasteiger partial charge >= 0.3 is 12.1 Å². The Hall–Kier alpha value is -3.01. The van der Waals surface area contributed by atoms with Crippen LogP contribution in [-0.4, -0.2) is 49.5 Å². The molecule has 0 atom stereocenters. The number of rotatable bonds is 4. The lowest BCUT2D eigenvalue weighted by atomic mass is 10.1. The Bertz CT molecular complexity index is 772. The molecule has 1 saturated heterocycles. The highest BCUT2D eigenvalue weighted by Gasteiger charge is 2.38. The summed E-state index contributed by atoms with van der Waals surface area (Å²) in [5.41, 5.74) is 1.64. The molecule has 1 aliphatic rings. The average molecular weight is 400 g/mol. The van der Waals surface area contributed by atoms with E-state index in [1.165, 1.54) is 0 Å². The number of hydrogen-bond donors (Lipinski definition) is 2. The van der Waals surface area contributed by atoms with Crippen molar-refractivity contribution in [2.75, 3.05) is 31.2 Å². The van der Waals surface area contributed by atoms with Gasteiger partial charge in [-0.05, 0) is 24.3 Å². The molecule has 1 aromatic heterocycles. The summed E-state index contributed by atoms with van der Waals surface area (Å²) in [5.74, 6) is -2.10. The smallest absolute Gasteiger partial charge is 0.475 e. The maximum atomic E-state index is 12.4. The highest BCUT2D eigenvalue weighted by atomic mass is 19.4. The van der Waals surface area contributed by atoms with Gasteiger partial charge in [-0.1, -0.05) is 12.1 Å². The predicted molar refractivity (Wildman–Crippen MR) is 93.0 cm³/mol. The van der Waals surface area contributed by atoms with E-state index in [4.69, 9.17) is 19.1 Å². The lowest BCUT2D eigenvalue weighted by Crippen LogP contribution is -2.37. The van der Waals surface area contributed by atoms with Crippen LogP contribution in [0.4, 0.5) is 18.9 Å². The fraction of sp³-hybridized carbons (Fsp3) is 0.333. The number of para-hydroxylation sites is 1. The second kappa shape index (κ2) is 9.79. The van der Waals surface area contributed by atoms with Crippen LogP contribution >= 0.6 is 0 Å². The molecule has 0 radical (unpaired) electrons. The van der Waals surface area contributed by atoms with Gasteiger partial charge in [-0.3, -0.25) is 4.79 Å². The molecule has 10 heteroatoms. The topological polar surface area (TPSA) is 92.0 Å². The molecule has 0 saturated carbocycles. The monoisotopic (exact) mass is 400 g/mol. The summed E-state index contributed by atoms with van der Waals surface area (Å²) in [4.78, 5) is 23.5. The van der Waals surface area contributed by atoms with Crippen molar-refractivity contribution >= 4 is 17.6 Å². The number of aliphatic carboxylic acids is 1. The SMILES string of the molecule is O=C(NCc1ccco1)c1ccccc1N1CCOCC1.O=C(O)C(F)(F)F. The number of furan rings is 1. The van der Waals surface area contributed by atoms with Crippen LogP contribution in [0.1, 0.15) is 16.1 Å². The molecule has 1 amide bonds. The molecule has 1 aromatic carbocycles. The average Bonchev–Trinajstić information content (AvgIpc) is 3.20. The molecule has 2 heterocycles. The van der Waals surface area contributed by atoms with E-state index in [1.807, 2.05) is 36.4 Å². The van der Waals surface area contributed by atoms with E-state index in [2.05, 4.69) is 10.2 Å². The van der Waals surface area contributed by atoms with Gasteiger partial charge in [0.15, 0.2) is 0 Å². The Morgan fingerprint density at radius 2 is 1.75 bits per heavy atom. The van der Waals surface area contributed by atoms with E-state index in [0.29, 0.717) is 25.3 Å². The molecule has 3 rings (SSSR count). The van der Waals surface area contributed by atoms with Gasteiger partial charge in [0.1, 0.15) is 5.76 Å². The molecule has 0 spiro atoms. The molecule has 0 unspecified atom stereocenters. The van der Waals surface area contributed by atoms with Crippen LogP contribution in [-0.2, 0) is 16.1 Å². The maximum absolute atomic E-state index is 12.4. The van der Waals surface area contributed by atoms with Crippen molar-refractivity contribution in [1.29, 1.82) is 0 Å². The largest absolute Gasteiger partial charge is 0.490 e. The zero-order chi connectivity index (χ0) is 20.6. The van der Waals surface area contributed by atoms with Crippen LogP contribution < -0.4 is 10.2 Å². The number of anilines is 1. The highest BCUT2D eigenvalue weighted by molar-refractivity contribution is 5.99. The van der Waals surface area contributed by atoms with Crippen LogP contribution in [0.25, 0.3) is 0 Å². The van der Waals surface area contributed by atoms with Crippen molar-refractivity contribution in [2.45, 2.75) is 12.7 Å². The van der Waals surface area contributed by atoms with E-state index in [1.54, 1.807) is 6.26 Å². The standard InChI is InChI=1S/C16H18N2O3.C2HF3O2/c19-16(17-12-13-4-3-9-21-13)14-5-1-2-6-15(14)18-7-10-20-11-8-18;3-2(4,5)1(6)7/h1-6,9H,7-8,10-12H2,(H,17,19);(H,6,7). The number of nitrogens with zero attached hydrogens (tertiary/aromatic N) is 1. The molecule has 0 aliphatic carbocycles. The lowest BCUT2D eigenvalue weighted by Gasteiger charge is -2.30. The molecular formula is C18H19F3N2O5. The second-order valence-electron chi connectivity index (χ2n) is 5.68. The van der Waals surface area contributed by atoms with Gasteiger partial charge < -0.3 is 24.5 Å². The van der Waals surface area contributed by atoms with Gasteiger partial charge in [0.25, 0.3) is 5.91 Å². The zero-order valence-electron chi connectivity index (χ0n) is 14.7. The van der Waals surface area contributed by atoms with Crippen molar-refractivity contribution in [3.8, 4) is 0 Å². The molecular weight excluding hydrogens is 381 g/mol. The normalized spacial score (nSPS) is 14.0. The summed E-state index contributed by atoms with van der Waals surface area (Å²) >= 11 is 0. The van der Waals surface area contributed by atoms with Gasteiger partial charge in [0.2, 0.25) is 0 Å². The number of carbonyl (C=O) groups excluding carboxylic acids is 1. The molecule has 0 bridgehead atoms. The first-order valence-corrected chi connectivity index (χ1v) is 8.31. The molecule has 28 heavy (non-hydrogen) atoms. The number of benzene rings is 1. The Labute approximate surface area is 158 Å². The van der Waals surface area contributed by atoms with E-state index in [-0.39, 0.29) is 5.91 Å². The zero-order valence-corrected chi connectivity index (χ0v) is 14.7. The van der Waals surface area contributed by atoms with Gasteiger partial charge in [-0.15, -0.1) is 0 Å². The number of hydrogen-bond acceptors (Lipinski definition) is 5. The summed E-state index contributed by atoms with van der Waals surface area (Å²) in [5, 5.41) is 10.0. The van der Waals surface area contributed by atoms with Crippen molar-refractivity contribution in [3.05, 3.63) is 54.0 Å². The summed E-state index contributed by atoms with van der Waals surface area (Å²) < 4.78 is 42.3. The molecule has 1 aliphatic heterocycles. The van der Waals surface area contributed by atoms with Crippen molar-refractivity contribution in [2.24, 2.45) is 0 Å². The van der Waals surface area contributed by atoms with E-state index >= 15 is 0 Å². The summed E-state index contributed by atoms with van der Waals surface area (Å²) in [6.45, 7) is 3.40. The van der Waals surface area contributed by atoms with Crippen LogP contribution in [0, 0.1) is 0 Å². The summed E-state index contributed by atoms with van der Waals surface area (Å²) in [7, 11) is 0. The molecule has 2 N–H and O–H groups in total. The Morgan fingerprint density at radius 3 is 2.32 bits per heavy atom. The van der Waals surface area contributed by atoms with Crippen LogP contribution in [0.5, 0.6) is 0 Å². The van der Waals surface area contributed by atoms with Crippen molar-refractivity contribution < 1.29 is 37.0 Å². The highest BCUT2D eigenvalue weighted by Crippen LogP contribution is 2.21. The van der Waals surface area contributed by atoms with E-state index in [9.17, 15) is 18.0 Å². The molecule has 1 fully saturated rings. The number of carbonyl (C=O) groups is 2. The maximum Gasteiger partial charge on any atom is 0.490 e. The van der Waals surface area contributed by atoms with Crippen LogP contribution in [0.15, 0.2) is 47.1 Å². The number of carboxylic acids is 1. The van der Waals surface area contributed by atoms with E-state index in [0.717, 1.165) is 24.5 Å². The van der Waals surface area contributed by atoms with Gasteiger partial charge in [0.05, 0.1) is 31.6 Å². The third-order valence-corrected chi connectivity index (χ3v) is 3.75. The number of halogens is 3. The van der Waals surface area contributed by atoms with Crippen molar-refractivity contribution in [3.63, 3.8) is 0 Å². The van der Waals surface area contributed by atoms with E-state index < -0.39 is 12.1 Å². The molecule has 7 nitrogen and oxygen atoms in total.